The molecule has 1 fully saturated rings. The molecule has 2 aliphatic rings. The van der Waals surface area contributed by atoms with E-state index in [1.54, 1.807) is 72.8 Å². The van der Waals surface area contributed by atoms with Crippen molar-refractivity contribution in [2.75, 3.05) is 24.0 Å². The molecular weight excluding hydrogens is 472 g/mol. The summed E-state index contributed by atoms with van der Waals surface area (Å²) in [4.78, 5) is 15.2. The Morgan fingerprint density at radius 1 is 0.912 bits per heavy atom. The lowest BCUT2D eigenvalue weighted by Gasteiger charge is -2.38. The van der Waals surface area contributed by atoms with Gasteiger partial charge in [0, 0.05) is 23.7 Å². The second kappa shape index (κ2) is 9.31. The lowest BCUT2D eigenvalue weighted by atomic mass is 10.0. The molecule has 0 N–H and O–H groups in total. The smallest absolute Gasteiger partial charge is 0.265 e. The maximum Gasteiger partial charge on any atom is 0.265 e. The van der Waals surface area contributed by atoms with Gasteiger partial charge in [-0.1, -0.05) is 41.9 Å². The van der Waals surface area contributed by atoms with Crippen LogP contribution in [-0.4, -0.2) is 38.9 Å². The quantitative estimate of drug-likeness (QED) is 0.492. The summed E-state index contributed by atoms with van der Waals surface area (Å²) in [5.74, 6) is 0.341. The minimum atomic E-state index is -3.95. The third kappa shape index (κ3) is 4.26. The van der Waals surface area contributed by atoms with Crippen molar-refractivity contribution in [3.63, 3.8) is 0 Å². The lowest BCUT2D eigenvalue weighted by Crippen LogP contribution is -2.41. The molecule has 0 saturated carbocycles. The van der Waals surface area contributed by atoms with E-state index in [4.69, 9.17) is 16.3 Å². The average molecular weight is 497 g/mol. The van der Waals surface area contributed by atoms with Crippen LogP contribution < -0.4 is 9.04 Å². The molecule has 1 saturated heterocycles. The van der Waals surface area contributed by atoms with Crippen LogP contribution in [0.1, 0.15) is 41.2 Å². The van der Waals surface area contributed by atoms with Crippen molar-refractivity contribution in [3.05, 3.63) is 88.9 Å². The van der Waals surface area contributed by atoms with Crippen LogP contribution in [0, 0.1) is 0 Å². The van der Waals surface area contributed by atoms with Gasteiger partial charge in [-0.05, 0) is 67.3 Å². The molecule has 3 aromatic rings. The standard InChI is InChI=1S/C26H25ClN2O4S/c27-21-12-9-19(10-13-21)24-18-33-25-14-11-20(26(30)28-15-5-2-6-16-28)17-23(25)29(24)34(31,32)22-7-3-1-4-8-22/h1,3-4,7-14,17,24H,2,5-6,15-16,18H2. The zero-order valence-corrected chi connectivity index (χ0v) is 20.1. The third-order valence-electron chi connectivity index (χ3n) is 6.32. The number of fused-ring (bicyclic) bond motifs is 1. The summed E-state index contributed by atoms with van der Waals surface area (Å²) in [6, 6.07) is 19.8. The van der Waals surface area contributed by atoms with Gasteiger partial charge in [0.15, 0.2) is 0 Å². The number of hydrogen-bond acceptors (Lipinski definition) is 4. The molecule has 176 valence electrons. The molecule has 1 amide bonds. The van der Waals surface area contributed by atoms with Crippen molar-refractivity contribution >= 4 is 33.2 Å². The van der Waals surface area contributed by atoms with Crippen LogP contribution in [0.5, 0.6) is 5.75 Å². The Hall–Kier alpha value is -3.03. The van der Waals surface area contributed by atoms with E-state index in [0.717, 1.165) is 24.8 Å². The number of rotatable bonds is 4. The van der Waals surface area contributed by atoms with Crippen LogP contribution in [0.4, 0.5) is 5.69 Å². The minimum absolute atomic E-state index is 0.0897. The summed E-state index contributed by atoms with van der Waals surface area (Å²) in [5, 5.41) is 0.563. The lowest BCUT2D eigenvalue weighted by molar-refractivity contribution is 0.0724. The first-order valence-electron chi connectivity index (χ1n) is 11.4. The Balaban J connectivity index is 1.62. The molecule has 3 aromatic carbocycles. The van der Waals surface area contributed by atoms with E-state index < -0.39 is 16.1 Å². The van der Waals surface area contributed by atoms with Gasteiger partial charge >= 0.3 is 0 Å². The van der Waals surface area contributed by atoms with Crippen LogP contribution in [0.3, 0.4) is 0 Å². The molecule has 6 nitrogen and oxygen atoms in total. The van der Waals surface area contributed by atoms with Crippen molar-refractivity contribution in [3.8, 4) is 5.75 Å². The molecule has 1 atom stereocenters. The van der Waals surface area contributed by atoms with Crippen molar-refractivity contribution in [2.24, 2.45) is 0 Å². The third-order valence-corrected chi connectivity index (χ3v) is 8.41. The Bertz CT molecular complexity index is 1290. The molecule has 8 heteroatoms. The zero-order chi connectivity index (χ0) is 23.7. The summed E-state index contributed by atoms with van der Waals surface area (Å²) in [5.41, 5.74) is 1.56. The molecular formula is C26H25ClN2O4S. The molecule has 2 aliphatic heterocycles. The highest BCUT2D eigenvalue weighted by Gasteiger charge is 2.39. The normalized spacial score (nSPS) is 18.2. The van der Waals surface area contributed by atoms with Gasteiger partial charge in [-0.3, -0.25) is 9.10 Å². The summed E-state index contributed by atoms with van der Waals surface area (Å²) in [6.45, 7) is 1.57. The van der Waals surface area contributed by atoms with Gasteiger partial charge in [-0.2, -0.15) is 0 Å². The van der Waals surface area contributed by atoms with E-state index in [9.17, 15) is 13.2 Å². The van der Waals surface area contributed by atoms with Crippen LogP contribution in [0.2, 0.25) is 5.02 Å². The summed E-state index contributed by atoms with van der Waals surface area (Å²) in [7, 11) is -3.95. The van der Waals surface area contributed by atoms with E-state index in [-0.39, 0.29) is 17.4 Å². The number of hydrogen-bond donors (Lipinski definition) is 0. The predicted molar refractivity (Wildman–Crippen MR) is 132 cm³/mol. The minimum Gasteiger partial charge on any atom is -0.489 e. The van der Waals surface area contributed by atoms with Crippen LogP contribution in [0.15, 0.2) is 77.7 Å². The molecule has 0 aromatic heterocycles. The maximum absolute atomic E-state index is 13.9. The molecule has 0 aliphatic carbocycles. The van der Waals surface area contributed by atoms with Gasteiger partial charge in [0.25, 0.3) is 15.9 Å². The summed E-state index contributed by atoms with van der Waals surface area (Å²) < 4.78 is 35.2. The highest BCUT2D eigenvalue weighted by atomic mass is 35.5. The average Bonchev–Trinajstić information content (AvgIpc) is 2.88. The summed E-state index contributed by atoms with van der Waals surface area (Å²) >= 11 is 6.08. The highest BCUT2D eigenvalue weighted by Crippen LogP contribution is 2.43. The van der Waals surface area contributed by atoms with Crippen molar-refractivity contribution in [1.82, 2.24) is 4.90 Å². The fourth-order valence-electron chi connectivity index (χ4n) is 4.55. The molecule has 34 heavy (non-hydrogen) atoms. The Kier molecular flexibility index (Phi) is 6.23. The number of ether oxygens (including phenoxy) is 1. The molecule has 0 spiro atoms. The number of anilines is 1. The van der Waals surface area contributed by atoms with Gasteiger partial charge < -0.3 is 9.64 Å². The fourth-order valence-corrected chi connectivity index (χ4v) is 6.32. The largest absolute Gasteiger partial charge is 0.489 e. The zero-order valence-electron chi connectivity index (χ0n) is 18.6. The van der Waals surface area contributed by atoms with Crippen molar-refractivity contribution in [2.45, 2.75) is 30.2 Å². The van der Waals surface area contributed by atoms with Gasteiger partial charge in [0.1, 0.15) is 18.4 Å². The summed E-state index contributed by atoms with van der Waals surface area (Å²) in [6.07, 6.45) is 3.08. The molecule has 2 heterocycles. The van der Waals surface area contributed by atoms with Gasteiger partial charge in [-0.15, -0.1) is 0 Å². The van der Waals surface area contributed by atoms with Crippen molar-refractivity contribution in [1.29, 1.82) is 0 Å². The molecule has 1 unspecified atom stereocenters. The van der Waals surface area contributed by atoms with Gasteiger partial charge in [0.05, 0.1) is 10.6 Å². The SMILES string of the molecule is O=C(c1ccc2c(c1)N(S(=O)(=O)c1ccccc1)C(c1ccc(Cl)cc1)CO2)N1CCCCC1. The Morgan fingerprint density at radius 2 is 1.62 bits per heavy atom. The Morgan fingerprint density at radius 3 is 2.32 bits per heavy atom. The van der Waals surface area contributed by atoms with Gasteiger partial charge in [-0.25, -0.2) is 8.42 Å². The number of nitrogens with zero attached hydrogens (tertiary/aromatic N) is 2. The monoisotopic (exact) mass is 496 g/mol. The number of sulfonamides is 1. The fraction of sp³-hybridized carbons (Fsp3) is 0.269. The number of amides is 1. The topological polar surface area (TPSA) is 66.9 Å². The second-order valence-electron chi connectivity index (χ2n) is 8.53. The van der Waals surface area contributed by atoms with Crippen LogP contribution in [-0.2, 0) is 10.0 Å². The molecule has 5 rings (SSSR count). The van der Waals surface area contributed by atoms with E-state index >= 15 is 0 Å². The molecule has 0 radical (unpaired) electrons. The van der Waals surface area contributed by atoms with E-state index in [1.165, 1.54) is 4.31 Å². The number of benzene rings is 3. The highest BCUT2D eigenvalue weighted by molar-refractivity contribution is 7.92. The van der Waals surface area contributed by atoms with E-state index in [1.807, 2.05) is 4.90 Å². The van der Waals surface area contributed by atoms with Gasteiger partial charge in [0.2, 0.25) is 0 Å². The number of carbonyl (C=O) groups is 1. The van der Waals surface area contributed by atoms with E-state index in [0.29, 0.717) is 35.1 Å². The first kappa shape index (κ1) is 22.7. The predicted octanol–water partition coefficient (Wildman–Crippen LogP) is 5.30. The van der Waals surface area contributed by atoms with Crippen LogP contribution in [0.25, 0.3) is 0 Å². The second-order valence-corrected chi connectivity index (χ2v) is 10.8. The number of halogens is 1. The maximum atomic E-state index is 13.9. The van der Waals surface area contributed by atoms with Crippen LogP contribution >= 0.6 is 11.6 Å². The Labute approximate surface area is 204 Å². The van der Waals surface area contributed by atoms with Crippen molar-refractivity contribution < 1.29 is 17.9 Å². The molecule has 0 bridgehead atoms. The number of piperidine rings is 1. The first-order chi connectivity index (χ1) is 16.4. The van der Waals surface area contributed by atoms with E-state index in [2.05, 4.69) is 0 Å². The number of likely N-dealkylation sites (tertiary alicyclic amines) is 1. The number of carbonyl (C=O) groups excluding carboxylic acids is 1. The first-order valence-corrected chi connectivity index (χ1v) is 13.2.